The second-order valence-corrected chi connectivity index (χ2v) is 49.3. The van der Waals surface area contributed by atoms with Gasteiger partial charge in [-0.25, -0.2) is 0 Å². The molecule has 2 atom stereocenters. The molecule has 1 aliphatic heterocycles. The molecule has 0 N–H and O–H groups in total. The lowest BCUT2D eigenvalue weighted by atomic mass is 9.84. The molecule has 0 saturated carbocycles. The molecule has 186 valence electrons. The van der Waals surface area contributed by atoms with Crippen LogP contribution < -0.4 is 0 Å². The fourth-order valence-electron chi connectivity index (χ4n) is 5.29. The van der Waals surface area contributed by atoms with Gasteiger partial charge in [0.15, 0.2) is 8.32 Å². The largest absolute Gasteiger partial charge is 0.436 e. The highest BCUT2D eigenvalue weighted by Crippen LogP contribution is 2.58. The molecule has 0 aliphatic carbocycles. The molecule has 32 heavy (non-hydrogen) atoms. The zero-order valence-corrected chi connectivity index (χ0v) is 30.8. The Bertz CT molecular complexity index is 795. The Labute approximate surface area is 207 Å². The quantitative estimate of drug-likeness (QED) is 0.259. The summed E-state index contributed by atoms with van der Waals surface area (Å²) in [7, 11) is -11.6. The third-order valence-corrected chi connectivity index (χ3v) is 31.1. The summed E-state index contributed by atoms with van der Waals surface area (Å²) in [6.07, 6.45) is 0. The Morgan fingerprint density at radius 2 is 1.22 bits per heavy atom. The van der Waals surface area contributed by atoms with E-state index in [9.17, 15) is 0 Å². The van der Waals surface area contributed by atoms with Crippen molar-refractivity contribution in [2.24, 2.45) is 5.41 Å². The highest BCUT2D eigenvalue weighted by atomic mass is 29.3. The Morgan fingerprint density at radius 3 is 1.47 bits per heavy atom. The van der Waals surface area contributed by atoms with Crippen molar-refractivity contribution in [3.63, 3.8) is 0 Å². The van der Waals surface area contributed by atoms with E-state index in [0.717, 1.165) is 0 Å². The van der Waals surface area contributed by atoms with Crippen LogP contribution in [0.1, 0.15) is 20.8 Å². The summed E-state index contributed by atoms with van der Waals surface area (Å²) in [5, 5.41) is -0.311. The molecule has 1 rings (SSSR count). The molecule has 1 aliphatic rings. The minimum absolute atomic E-state index is 0.0387. The van der Waals surface area contributed by atoms with E-state index in [4.69, 9.17) is 8.54 Å². The maximum atomic E-state index is 7.87. The monoisotopic (exact) mass is 542 g/mol. The highest BCUT2D eigenvalue weighted by Gasteiger charge is 2.72. The van der Waals surface area contributed by atoms with Gasteiger partial charge in [-0.1, -0.05) is 105 Å². The fourth-order valence-corrected chi connectivity index (χ4v) is 40.8. The smallest absolute Gasteiger partial charge is 0.332 e. The lowest BCUT2D eigenvalue weighted by molar-refractivity contribution is 0.0597. The molecule has 0 bridgehead atoms. The third kappa shape index (κ3) is 5.83. The van der Waals surface area contributed by atoms with Gasteiger partial charge in [0.25, 0.3) is 0 Å². The molecule has 2 nitrogen and oxygen atoms in total. The van der Waals surface area contributed by atoms with Crippen LogP contribution in [0, 0.1) is 16.9 Å². The van der Waals surface area contributed by atoms with Crippen LogP contribution in [0.25, 0.3) is 0 Å². The molecule has 1 heterocycles. The molecular weight excluding hydrogens is 489 g/mol. The van der Waals surface area contributed by atoms with Gasteiger partial charge in [0.1, 0.15) is 15.7 Å². The highest BCUT2D eigenvalue weighted by molar-refractivity contribution is 7.43. The topological polar surface area (TPSA) is 18.5 Å². The molecule has 0 aromatic rings. The standard InChI is InChI=1S/C24H54O2Si6/c1-23(2,3)24(29(10,11)12)21(19-20-27(4,5)6)22(28(7,8)9)32(25-24,31(16,17)18)26-30(13,14)15/h1-18H3/t24-,32+/m1/s1. The summed E-state index contributed by atoms with van der Waals surface area (Å²) in [5.41, 5.74) is 5.15. The molecule has 0 unspecified atom stereocenters. The molecule has 0 fully saturated rings. The second kappa shape index (κ2) is 8.57. The number of rotatable bonds is 5. The second-order valence-electron chi connectivity index (χ2n) is 15.9. The maximum absolute atomic E-state index is 7.87. The predicted molar refractivity (Wildman–Crippen MR) is 162 cm³/mol. The summed E-state index contributed by atoms with van der Waals surface area (Å²) in [5.74, 6) is 3.92. The van der Waals surface area contributed by atoms with E-state index in [0.29, 0.717) is 0 Å². The summed E-state index contributed by atoms with van der Waals surface area (Å²) in [6.45, 7) is 43.9. The van der Waals surface area contributed by atoms with Gasteiger partial charge in [0.2, 0.25) is 0 Å². The van der Waals surface area contributed by atoms with Gasteiger partial charge in [-0.15, -0.1) is 5.54 Å². The van der Waals surface area contributed by atoms with E-state index in [-0.39, 0.29) is 10.6 Å². The Hall–Kier alpha value is 0.521. The predicted octanol–water partition coefficient (Wildman–Crippen LogP) is 7.98. The van der Waals surface area contributed by atoms with Crippen LogP contribution in [0.4, 0.5) is 0 Å². The summed E-state index contributed by atoms with van der Waals surface area (Å²) >= 11 is 0. The van der Waals surface area contributed by atoms with Crippen molar-refractivity contribution in [2.45, 2.75) is 124 Å². The number of hydrogen-bond donors (Lipinski definition) is 0. The first-order valence-electron chi connectivity index (χ1n) is 12.3. The van der Waals surface area contributed by atoms with E-state index >= 15 is 0 Å². The van der Waals surface area contributed by atoms with Gasteiger partial charge in [-0.2, -0.15) is 0 Å². The number of hydrogen-bond acceptors (Lipinski definition) is 2. The normalized spacial score (nSPS) is 26.3. The van der Waals surface area contributed by atoms with Gasteiger partial charge in [-0.05, 0) is 29.9 Å². The van der Waals surface area contributed by atoms with Crippen molar-refractivity contribution in [1.82, 2.24) is 0 Å². The van der Waals surface area contributed by atoms with E-state index in [1.165, 1.54) is 5.57 Å². The summed E-state index contributed by atoms with van der Waals surface area (Å²) < 4.78 is 15.3. The van der Waals surface area contributed by atoms with Crippen molar-refractivity contribution >= 4 is 48.2 Å². The van der Waals surface area contributed by atoms with Crippen LogP contribution >= 0.6 is 0 Å². The SMILES string of the molecule is CC(C)(C)[C@@]1([Si](C)(C)C)O[Si@@](O[Si](C)(C)C)([Si](C)(C)C)C([Si](C)(C)C)=C1C#C[Si](C)(C)C. The van der Waals surface area contributed by atoms with Gasteiger partial charge in [-0.3, -0.25) is 0 Å². The molecule has 0 radical (unpaired) electrons. The molecule has 0 aromatic heterocycles. The van der Waals surface area contributed by atoms with Crippen LogP contribution in [-0.4, -0.2) is 53.4 Å². The van der Waals surface area contributed by atoms with Crippen LogP contribution in [0.5, 0.6) is 0 Å². The first-order chi connectivity index (χ1) is 13.6. The van der Waals surface area contributed by atoms with Gasteiger partial charge >= 0.3 is 8.08 Å². The van der Waals surface area contributed by atoms with Crippen LogP contribution in [0.15, 0.2) is 10.4 Å². The van der Waals surface area contributed by atoms with Crippen molar-refractivity contribution in [1.29, 1.82) is 0 Å². The van der Waals surface area contributed by atoms with Gasteiger partial charge in [0, 0.05) is 5.57 Å². The minimum atomic E-state index is -2.66. The Balaban J connectivity index is 4.46. The lowest BCUT2D eigenvalue weighted by Crippen LogP contribution is -2.72. The van der Waals surface area contributed by atoms with E-state index in [1.54, 1.807) is 4.82 Å². The zero-order valence-electron chi connectivity index (χ0n) is 24.8. The van der Waals surface area contributed by atoms with E-state index < -0.39 is 48.2 Å². The molecule has 0 spiro atoms. The maximum Gasteiger partial charge on any atom is 0.332 e. The van der Waals surface area contributed by atoms with Gasteiger partial charge < -0.3 is 8.54 Å². The fraction of sp³-hybridized carbons (Fsp3) is 0.833. The minimum Gasteiger partial charge on any atom is -0.436 e. The first kappa shape index (κ1) is 30.6. The third-order valence-electron chi connectivity index (χ3n) is 6.09. The van der Waals surface area contributed by atoms with E-state index in [2.05, 4.69) is 130 Å². The first-order valence-corrected chi connectivity index (χ1v) is 32.5. The van der Waals surface area contributed by atoms with Gasteiger partial charge in [0.05, 0.1) is 21.4 Å². The molecule has 0 saturated heterocycles. The molecule has 0 aromatic carbocycles. The molecule has 0 amide bonds. The lowest BCUT2D eigenvalue weighted by Gasteiger charge is -2.54. The Kier molecular flexibility index (Phi) is 8.19. The van der Waals surface area contributed by atoms with Crippen molar-refractivity contribution in [3.8, 4) is 11.5 Å². The average molecular weight is 543 g/mol. The van der Waals surface area contributed by atoms with Crippen LogP contribution in [0.2, 0.25) is 98.2 Å². The summed E-state index contributed by atoms with van der Waals surface area (Å²) in [6, 6.07) is 0. The summed E-state index contributed by atoms with van der Waals surface area (Å²) in [4.78, 5) is 1.62. The van der Waals surface area contributed by atoms with Crippen LogP contribution in [-0.2, 0) is 8.54 Å². The van der Waals surface area contributed by atoms with Crippen molar-refractivity contribution in [2.75, 3.05) is 0 Å². The Morgan fingerprint density at radius 1 is 0.781 bits per heavy atom. The molecule has 8 heteroatoms. The van der Waals surface area contributed by atoms with Crippen LogP contribution in [0.3, 0.4) is 0 Å². The molecular formula is C24H54O2Si6. The zero-order chi connectivity index (χ0) is 26.0. The van der Waals surface area contributed by atoms with E-state index in [1.807, 2.05) is 0 Å². The van der Waals surface area contributed by atoms with Crippen molar-refractivity contribution < 1.29 is 8.54 Å². The van der Waals surface area contributed by atoms with Crippen molar-refractivity contribution in [3.05, 3.63) is 10.4 Å². The average Bonchev–Trinajstić information content (AvgIpc) is 2.73.